The second-order valence-corrected chi connectivity index (χ2v) is 4.32. The number of rotatable bonds is 3. The Morgan fingerprint density at radius 3 is 3.00 bits per heavy atom. The van der Waals surface area contributed by atoms with Gasteiger partial charge in [-0.25, -0.2) is 4.79 Å². The highest BCUT2D eigenvalue weighted by Gasteiger charge is 2.30. The van der Waals surface area contributed by atoms with E-state index in [1.54, 1.807) is 6.07 Å². The van der Waals surface area contributed by atoms with Crippen molar-refractivity contribution in [3.8, 4) is 0 Å². The molecule has 0 amide bonds. The summed E-state index contributed by atoms with van der Waals surface area (Å²) in [6.07, 6.45) is 0. The Kier molecular flexibility index (Phi) is 3.56. The summed E-state index contributed by atoms with van der Waals surface area (Å²) in [7, 11) is -1.11. The lowest BCUT2D eigenvalue weighted by Gasteiger charge is -2.09. The summed E-state index contributed by atoms with van der Waals surface area (Å²) in [5, 5.41) is 5.84. The van der Waals surface area contributed by atoms with Gasteiger partial charge in [0.25, 0.3) is 0 Å². The number of benzene rings is 1. The summed E-state index contributed by atoms with van der Waals surface area (Å²) in [5.74, 6) is -0.933. The molecule has 1 aliphatic rings. The topological polar surface area (TPSA) is 55.8 Å². The molecular weight excluding hydrogens is 268 g/mol. The van der Waals surface area contributed by atoms with Gasteiger partial charge in [-0.1, -0.05) is 6.07 Å². The lowest BCUT2D eigenvalue weighted by molar-refractivity contribution is -0.00447. The second kappa shape index (κ2) is 4.83. The van der Waals surface area contributed by atoms with Gasteiger partial charge in [0.2, 0.25) is 0 Å². The van der Waals surface area contributed by atoms with Crippen LogP contribution in [0.5, 0.6) is 0 Å². The smallest absolute Gasteiger partial charge is 0.454 e. The van der Waals surface area contributed by atoms with Crippen molar-refractivity contribution in [2.45, 2.75) is 12.0 Å². The first-order chi connectivity index (χ1) is 8.37. The summed E-state index contributed by atoms with van der Waals surface area (Å²) in [6.45, 7) is -0.963. The third-order valence-electron chi connectivity index (χ3n) is 2.41. The summed E-state index contributed by atoms with van der Waals surface area (Å²) >= 11 is 4.61. The van der Waals surface area contributed by atoms with E-state index in [1.165, 1.54) is 12.1 Å². The van der Waals surface area contributed by atoms with Crippen LogP contribution < -0.4 is 5.46 Å². The number of carbonyl (C=O) groups excluding carboxylic acids is 1. The summed E-state index contributed by atoms with van der Waals surface area (Å²) in [4.78, 5) is 11.5. The van der Waals surface area contributed by atoms with Crippen LogP contribution in [-0.4, -0.2) is 30.1 Å². The maximum atomic E-state index is 12.3. The van der Waals surface area contributed by atoms with Crippen LogP contribution in [0.4, 0.5) is 8.78 Å². The number of hydrogen-bond donors (Lipinski definition) is 1. The van der Waals surface area contributed by atoms with Crippen LogP contribution in [0.25, 0.3) is 0 Å². The largest absolute Gasteiger partial charge is 0.491 e. The Morgan fingerprint density at radius 1 is 1.61 bits per heavy atom. The lowest BCUT2D eigenvalue weighted by atomic mass is 9.79. The Hall–Kier alpha value is -1.18. The van der Waals surface area contributed by atoms with Crippen molar-refractivity contribution in [2.75, 3.05) is 6.61 Å². The minimum atomic E-state index is -3.59. The highest BCUT2D eigenvalue weighted by Crippen LogP contribution is 2.19. The van der Waals surface area contributed by atoms with Crippen LogP contribution in [0, 0.1) is 0 Å². The van der Waals surface area contributed by atoms with Crippen LogP contribution in [0.2, 0.25) is 0 Å². The third kappa shape index (κ3) is 2.98. The molecule has 0 aliphatic carbocycles. The number of carbonyl (C=O) groups is 1. The molecule has 0 saturated carbocycles. The Labute approximate surface area is 107 Å². The van der Waals surface area contributed by atoms with Gasteiger partial charge in [-0.15, -0.1) is 0 Å². The van der Waals surface area contributed by atoms with E-state index in [1.807, 2.05) is 0 Å². The standard InChI is InChI=1S/C10H8BClF2O4/c12-10(13,14)5-17-9(15)6-1-2-7-4-18-11(16)8(7)3-6/h1-3,16H,4-5H2. The van der Waals surface area contributed by atoms with Crippen molar-refractivity contribution in [1.82, 2.24) is 0 Å². The fourth-order valence-corrected chi connectivity index (χ4v) is 1.63. The van der Waals surface area contributed by atoms with E-state index in [2.05, 4.69) is 16.3 Å². The van der Waals surface area contributed by atoms with Crippen molar-refractivity contribution in [3.63, 3.8) is 0 Å². The van der Waals surface area contributed by atoms with E-state index in [4.69, 9.17) is 4.65 Å². The maximum Gasteiger partial charge on any atom is 0.491 e. The summed E-state index contributed by atoms with van der Waals surface area (Å²) in [5.41, 5.74) is 1.23. The Bertz CT molecular complexity index is 477. The fourth-order valence-electron chi connectivity index (χ4n) is 1.57. The van der Waals surface area contributed by atoms with Gasteiger partial charge < -0.3 is 14.4 Å². The van der Waals surface area contributed by atoms with Gasteiger partial charge in [0.15, 0.2) is 6.61 Å². The molecule has 0 unspecified atom stereocenters. The monoisotopic (exact) mass is 276 g/mol. The number of ether oxygens (including phenoxy) is 1. The molecule has 0 radical (unpaired) electrons. The number of hydrogen-bond acceptors (Lipinski definition) is 4. The molecule has 1 N–H and O–H groups in total. The number of esters is 1. The van der Waals surface area contributed by atoms with E-state index in [0.717, 1.165) is 5.56 Å². The molecule has 1 heterocycles. The van der Waals surface area contributed by atoms with Crippen LogP contribution in [0.3, 0.4) is 0 Å². The molecule has 96 valence electrons. The Balaban J connectivity index is 2.10. The first kappa shape index (κ1) is 13.3. The maximum absolute atomic E-state index is 12.3. The predicted molar refractivity (Wildman–Crippen MR) is 59.9 cm³/mol. The SMILES string of the molecule is O=C(OCC(F)(F)Cl)c1ccc2c(c1)B(O)OC2. The number of fused-ring (bicyclic) bond motifs is 1. The Morgan fingerprint density at radius 2 is 2.33 bits per heavy atom. The molecule has 0 saturated heterocycles. The molecule has 0 bridgehead atoms. The summed E-state index contributed by atoms with van der Waals surface area (Å²) < 4.78 is 33.9. The summed E-state index contributed by atoms with van der Waals surface area (Å²) in [6, 6.07) is 4.33. The molecule has 1 aromatic rings. The van der Waals surface area contributed by atoms with Gasteiger partial charge in [-0.3, -0.25) is 0 Å². The van der Waals surface area contributed by atoms with E-state index in [-0.39, 0.29) is 12.2 Å². The van der Waals surface area contributed by atoms with Crippen LogP contribution >= 0.6 is 11.6 Å². The van der Waals surface area contributed by atoms with Crippen LogP contribution in [0.1, 0.15) is 15.9 Å². The molecular formula is C10H8BClF2O4. The van der Waals surface area contributed by atoms with Gasteiger partial charge in [0, 0.05) is 0 Å². The highest BCUT2D eigenvalue weighted by molar-refractivity contribution is 6.61. The average molecular weight is 276 g/mol. The van der Waals surface area contributed by atoms with Gasteiger partial charge in [-0.05, 0) is 34.8 Å². The van der Waals surface area contributed by atoms with E-state index in [9.17, 15) is 18.6 Å². The quantitative estimate of drug-likeness (QED) is 0.506. The normalized spacial score (nSPS) is 14.6. The molecule has 2 rings (SSSR count). The van der Waals surface area contributed by atoms with Crippen molar-refractivity contribution < 1.29 is 28.0 Å². The molecule has 8 heteroatoms. The van der Waals surface area contributed by atoms with E-state index >= 15 is 0 Å². The second-order valence-electron chi connectivity index (χ2n) is 3.77. The van der Waals surface area contributed by atoms with Crippen molar-refractivity contribution in [1.29, 1.82) is 0 Å². The molecule has 0 fully saturated rings. The number of alkyl halides is 3. The first-order valence-corrected chi connectivity index (χ1v) is 5.41. The highest BCUT2D eigenvalue weighted by atomic mass is 35.5. The van der Waals surface area contributed by atoms with Crippen molar-refractivity contribution >= 4 is 30.2 Å². The van der Waals surface area contributed by atoms with Gasteiger partial charge >= 0.3 is 18.5 Å². The third-order valence-corrected chi connectivity index (χ3v) is 2.52. The number of halogens is 3. The molecule has 0 spiro atoms. The van der Waals surface area contributed by atoms with E-state index < -0.39 is 25.1 Å². The van der Waals surface area contributed by atoms with Crippen molar-refractivity contribution in [2.24, 2.45) is 0 Å². The lowest BCUT2D eigenvalue weighted by Crippen LogP contribution is -2.29. The molecule has 0 atom stereocenters. The minimum absolute atomic E-state index is 0.0548. The molecule has 0 aromatic heterocycles. The van der Waals surface area contributed by atoms with Gasteiger partial charge in [-0.2, -0.15) is 8.78 Å². The van der Waals surface area contributed by atoms with Crippen LogP contribution in [0.15, 0.2) is 18.2 Å². The van der Waals surface area contributed by atoms with Gasteiger partial charge in [0.05, 0.1) is 12.2 Å². The molecule has 1 aromatic carbocycles. The first-order valence-electron chi connectivity index (χ1n) is 5.03. The average Bonchev–Trinajstić information content (AvgIpc) is 2.67. The zero-order valence-electron chi connectivity index (χ0n) is 9.03. The van der Waals surface area contributed by atoms with Gasteiger partial charge in [0.1, 0.15) is 0 Å². The molecule has 18 heavy (non-hydrogen) atoms. The predicted octanol–water partition coefficient (Wildman–Crippen LogP) is 0.893. The fraction of sp³-hybridized carbons (Fsp3) is 0.300. The van der Waals surface area contributed by atoms with Crippen molar-refractivity contribution in [3.05, 3.63) is 29.3 Å². The van der Waals surface area contributed by atoms with Crippen LogP contribution in [-0.2, 0) is 16.0 Å². The molecule has 1 aliphatic heterocycles. The molecule has 4 nitrogen and oxygen atoms in total. The zero-order chi connectivity index (χ0) is 13.3. The van der Waals surface area contributed by atoms with E-state index in [0.29, 0.717) is 5.46 Å². The minimum Gasteiger partial charge on any atom is -0.454 e. The zero-order valence-corrected chi connectivity index (χ0v) is 9.79.